The molecule has 0 atom stereocenters. The smallest absolute Gasteiger partial charge is 0.344 e. The summed E-state index contributed by atoms with van der Waals surface area (Å²) in [4.78, 5) is 35.3. The Morgan fingerprint density at radius 1 is 1.16 bits per heavy atom. The van der Waals surface area contributed by atoms with Crippen LogP contribution in [0.2, 0.25) is 0 Å². The van der Waals surface area contributed by atoms with Gasteiger partial charge in [0.15, 0.2) is 6.61 Å². The molecule has 0 unspecified atom stereocenters. The van der Waals surface area contributed by atoms with Crippen LogP contribution >= 0.6 is 22.6 Å². The zero-order chi connectivity index (χ0) is 22.8. The molecule has 0 aromatic heterocycles. The Morgan fingerprint density at radius 3 is 2.45 bits per heavy atom. The Kier molecular flexibility index (Phi) is 9.02. The topological polar surface area (TPSA) is 115 Å². The van der Waals surface area contributed by atoms with Crippen molar-refractivity contribution in [1.82, 2.24) is 0 Å². The molecule has 0 saturated heterocycles. The maximum Gasteiger partial charge on any atom is 0.344 e. The van der Waals surface area contributed by atoms with Crippen molar-refractivity contribution >= 4 is 52.2 Å². The third kappa shape index (κ3) is 7.11. The highest BCUT2D eigenvalue weighted by atomic mass is 127. The fraction of sp³-hybridized carbons (Fsp3) is 0.182. The van der Waals surface area contributed by atoms with Crippen LogP contribution in [0.25, 0.3) is 6.08 Å². The van der Waals surface area contributed by atoms with Gasteiger partial charge in [0.25, 0.3) is 5.91 Å². The van der Waals surface area contributed by atoms with Crippen molar-refractivity contribution in [3.8, 4) is 11.8 Å². The van der Waals surface area contributed by atoms with E-state index in [1.807, 2.05) is 28.7 Å². The van der Waals surface area contributed by atoms with Gasteiger partial charge in [-0.05, 0) is 77.6 Å². The number of nitriles is 1. The van der Waals surface area contributed by atoms with E-state index >= 15 is 0 Å². The van der Waals surface area contributed by atoms with Crippen LogP contribution in [-0.2, 0) is 19.1 Å². The van der Waals surface area contributed by atoms with Gasteiger partial charge in [-0.3, -0.25) is 4.79 Å². The first-order chi connectivity index (χ1) is 14.9. The predicted molar refractivity (Wildman–Crippen MR) is 121 cm³/mol. The average molecular weight is 534 g/mol. The molecule has 2 aromatic rings. The lowest BCUT2D eigenvalue weighted by molar-refractivity contribution is -0.145. The molecular weight excluding hydrogens is 515 g/mol. The van der Waals surface area contributed by atoms with Crippen LogP contribution in [-0.4, -0.2) is 38.2 Å². The Labute approximate surface area is 192 Å². The summed E-state index contributed by atoms with van der Waals surface area (Å²) in [5, 5.41) is 12.0. The second kappa shape index (κ2) is 11.7. The highest BCUT2D eigenvalue weighted by molar-refractivity contribution is 14.1. The van der Waals surface area contributed by atoms with Crippen LogP contribution in [0.4, 0.5) is 5.69 Å². The van der Waals surface area contributed by atoms with Crippen molar-refractivity contribution in [3.63, 3.8) is 0 Å². The van der Waals surface area contributed by atoms with E-state index in [0.29, 0.717) is 26.1 Å². The number of halogens is 1. The number of benzene rings is 2. The number of methoxy groups -OCH3 is 1. The normalized spacial score (nSPS) is 10.6. The molecule has 0 aliphatic heterocycles. The van der Waals surface area contributed by atoms with Gasteiger partial charge in [-0.2, -0.15) is 5.26 Å². The van der Waals surface area contributed by atoms with E-state index in [4.69, 9.17) is 9.47 Å². The molecule has 31 heavy (non-hydrogen) atoms. The van der Waals surface area contributed by atoms with Crippen LogP contribution in [0.1, 0.15) is 22.8 Å². The molecule has 0 fully saturated rings. The second-order valence-electron chi connectivity index (χ2n) is 5.98. The van der Waals surface area contributed by atoms with Crippen LogP contribution in [0.5, 0.6) is 5.75 Å². The first-order valence-corrected chi connectivity index (χ1v) is 10.1. The molecule has 9 heteroatoms. The van der Waals surface area contributed by atoms with E-state index < -0.39 is 17.8 Å². The van der Waals surface area contributed by atoms with Crippen molar-refractivity contribution in [3.05, 3.63) is 62.7 Å². The number of carbonyl (C=O) groups is 3. The van der Waals surface area contributed by atoms with Gasteiger partial charge in [-0.15, -0.1) is 0 Å². The Bertz CT molecular complexity index is 1040. The van der Waals surface area contributed by atoms with Gasteiger partial charge in [-0.25, -0.2) is 9.59 Å². The number of nitrogens with zero attached hydrogens (tertiary/aromatic N) is 1. The lowest BCUT2D eigenvalue weighted by Gasteiger charge is -2.09. The highest BCUT2D eigenvalue weighted by Crippen LogP contribution is 2.23. The van der Waals surface area contributed by atoms with Gasteiger partial charge in [0, 0.05) is 5.69 Å². The molecular formula is C22H19IN2O6. The molecule has 2 rings (SSSR count). The van der Waals surface area contributed by atoms with Crippen LogP contribution in [0, 0.1) is 14.9 Å². The first kappa shape index (κ1) is 23.9. The third-order valence-corrected chi connectivity index (χ3v) is 4.69. The molecule has 1 N–H and O–H groups in total. The number of amides is 1. The van der Waals surface area contributed by atoms with E-state index in [1.165, 1.54) is 37.5 Å². The fourth-order valence-corrected chi connectivity index (χ4v) is 3.08. The third-order valence-electron chi connectivity index (χ3n) is 3.85. The van der Waals surface area contributed by atoms with Gasteiger partial charge < -0.3 is 19.5 Å². The summed E-state index contributed by atoms with van der Waals surface area (Å²) in [6, 6.07) is 13.0. The molecule has 8 nitrogen and oxygen atoms in total. The van der Waals surface area contributed by atoms with Crippen LogP contribution < -0.4 is 10.1 Å². The molecule has 0 spiro atoms. The predicted octanol–water partition coefficient (Wildman–Crippen LogP) is 3.57. The summed E-state index contributed by atoms with van der Waals surface area (Å²) in [6.07, 6.45) is 1.44. The minimum absolute atomic E-state index is 0.104. The number of hydrogen-bond acceptors (Lipinski definition) is 7. The number of anilines is 1. The summed E-state index contributed by atoms with van der Waals surface area (Å²) in [7, 11) is 1.28. The molecule has 0 aliphatic rings. The zero-order valence-electron chi connectivity index (χ0n) is 16.8. The van der Waals surface area contributed by atoms with Gasteiger partial charge in [0.2, 0.25) is 0 Å². The summed E-state index contributed by atoms with van der Waals surface area (Å²) in [6.45, 7) is 1.78. The number of rotatable bonds is 8. The Hall–Kier alpha value is -3.39. The number of carbonyl (C=O) groups excluding carboxylic acids is 3. The number of ether oxygens (including phenoxy) is 3. The average Bonchev–Trinajstić information content (AvgIpc) is 2.77. The van der Waals surface area contributed by atoms with Crippen molar-refractivity contribution < 1.29 is 28.6 Å². The summed E-state index contributed by atoms with van der Waals surface area (Å²) in [5.74, 6) is -1.06. The minimum atomic E-state index is -0.592. The first-order valence-electron chi connectivity index (χ1n) is 9.07. The molecule has 160 valence electrons. The molecule has 0 aliphatic carbocycles. The minimum Gasteiger partial charge on any atom is -0.481 e. The van der Waals surface area contributed by atoms with E-state index in [2.05, 4.69) is 10.1 Å². The van der Waals surface area contributed by atoms with Gasteiger partial charge in [-0.1, -0.05) is 6.07 Å². The molecule has 0 saturated carbocycles. The number of esters is 2. The lowest BCUT2D eigenvalue weighted by atomic mass is 10.1. The van der Waals surface area contributed by atoms with Crippen molar-refractivity contribution in [1.29, 1.82) is 5.26 Å². The lowest BCUT2D eigenvalue weighted by Crippen LogP contribution is -2.15. The van der Waals surface area contributed by atoms with E-state index in [-0.39, 0.29) is 18.8 Å². The highest BCUT2D eigenvalue weighted by Gasteiger charge is 2.12. The SMILES string of the molecule is CCOC(=O)COc1ccc(/C=C(\C#N)C(=O)Nc2ccc(C(=O)OC)cc2)cc1I. The molecule has 0 radical (unpaired) electrons. The molecule has 2 aromatic carbocycles. The van der Waals surface area contributed by atoms with Crippen molar-refractivity contribution in [2.75, 3.05) is 25.6 Å². The maximum absolute atomic E-state index is 12.4. The molecule has 1 amide bonds. The zero-order valence-corrected chi connectivity index (χ0v) is 19.0. The number of nitrogens with one attached hydrogen (secondary N) is 1. The quantitative estimate of drug-likeness (QED) is 0.238. The second-order valence-corrected chi connectivity index (χ2v) is 7.14. The Morgan fingerprint density at radius 2 is 1.87 bits per heavy atom. The van der Waals surface area contributed by atoms with E-state index in [9.17, 15) is 19.6 Å². The monoisotopic (exact) mass is 534 g/mol. The number of hydrogen-bond donors (Lipinski definition) is 1. The summed E-state index contributed by atoms with van der Waals surface area (Å²) in [5.41, 5.74) is 1.28. The van der Waals surface area contributed by atoms with Crippen LogP contribution in [0.15, 0.2) is 48.0 Å². The summed E-state index contributed by atoms with van der Waals surface area (Å²) < 4.78 is 15.6. The standard InChI is InChI=1S/C22H19IN2O6/c1-3-30-20(26)13-31-19-9-4-14(11-18(19)23)10-16(12-24)21(27)25-17-7-5-15(6-8-17)22(28)29-2/h4-11H,3,13H2,1-2H3,(H,25,27)/b16-10+. The van der Waals surface area contributed by atoms with Gasteiger partial charge in [0.05, 0.1) is 22.9 Å². The molecule has 0 heterocycles. The maximum atomic E-state index is 12.4. The summed E-state index contributed by atoms with van der Waals surface area (Å²) >= 11 is 2.03. The van der Waals surface area contributed by atoms with Gasteiger partial charge >= 0.3 is 11.9 Å². The van der Waals surface area contributed by atoms with Gasteiger partial charge in [0.1, 0.15) is 17.4 Å². The largest absolute Gasteiger partial charge is 0.481 e. The van der Waals surface area contributed by atoms with E-state index in [1.54, 1.807) is 25.1 Å². The van der Waals surface area contributed by atoms with Crippen molar-refractivity contribution in [2.45, 2.75) is 6.92 Å². The fourth-order valence-electron chi connectivity index (χ4n) is 2.38. The Balaban J connectivity index is 2.09. The van der Waals surface area contributed by atoms with E-state index in [0.717, 1.165) is 0 Å². The van der Waals surface area contributed by atoms with Crippen LogP contribution in [0.3, 0.4) is 0 Å². The molecule has 0 bridgehead atoms. The van der Waals surface area contributed by atoms with Crippen molar-refractivity contribution in [2.24, 2.45) is 0 Å².